The Bertz CT molecular complexity index is 722. The molecule has 0 saturated carbocycles. The Morgan fingerprint density at radius 3 is 2.74 bits per heavy atom. The van der Waals surface area contributed by atoms with E-state index in [1.54, 1.807) is 24.3 Å². The van der Waals surface area contributed by atoms with Gasteiger partial charge in [-0.3, -0.25) is 4.79 Å². The van der Waals surface area contributed by atoms with Crippen LogP contribution in [0.2, 0.25) is 0 Å². The smallest absolute Gasteiger partial charge is 0.249 e. The third-order valence-corrected chi connectivity index (χ3v) is 2.63. The van der Waals surface area contributed by atoms with Gasteiger partial charge in [-0.1, -0.05) is 42.3 Å². The van der Waals surface area contributed by atoms with E-state index < -0.39 is 5.91 Å². The molecule has 0 bridgehead atoms. The van der Waals surface area contributed by atoms with Crippen molar-refractivity contribution in [2.45, 2.75) is 0 Å². The number of nitrogens with zero attached hydrogens (tertiary/aromatic N) is 3. The van der Waals surface area contributed by atoms with E-state index in [9.17, 15) is 4.79 Å². The number of carbonyl (C=O) groups is 1. The number of azide groups is 1. The highest BCUT2D eigenvalue weighted by atomic mass is 16.1. The number of terminal acetylenes is 1. The van der Waals surface area contributed by atoms with Crippen molar-refractivity contribution in [2.75, 3.05) is 0 Å². The summed E-state index contributed by atoms with van der Waals surface area (Å²) in [5, 5.41) is 3.12. The highest BCUT2D eigenvalue weighted by Crippen LogP contribution is 2.25. The van der Waals surface area contributed by atoms with Gasteiger partial charge in [0.25, 0.3) is 0 Å². The molecular formula is C15H9N3O. The van der Waals surface area contributed by atoms with Crippen molar-refractivity contribution in [3.05, 3.63) is 70.1 Å². The molecule has 0 unspecified atom stereocenters. The Kier molecular flexibility index (Phi) is 3.63. The lowest BCUT2D eigenvalue weighted by Crippen LogP contribution is -1.97. The van der Waals surface area contributed by atoms with E-state index in [2.05, 4.69) is 15.9 Å². The Morgan fingerprint density at radius 1 is 1.21 bits per heavy atom. The van der Waals surface area contributed by atoms with E-state index in [4.69, 9.17) is 12.0 Å². The summed E-state index contributed by atoms with van der Waals surface area (Å²) < 4.78 is 0. The Morgan fingerprint density at radius 2 is 2.00 bits per heavy atom. The first-order valence-corrected chi connectivity index (χ1v) is 5.52. The third kappa shape index (κ3) is 2.63. The second-order valence-electron chi connectivity index (χ2n) is 3.77. The molecule has 0 spiro atoms. The fourth-order valence-electron chi connectivity index (χ4n) is 1.79. The summed E-state index contributed by atoms with van der Waals surface area (Å²) in [6.45, 7) is 0. The maximum Gasteiger partial charge on any atom is 0.249 e. The predicted molar refractivity (Wildman–Crippen MR) is 73.3 cm³/mol. The summed E-state index contributed by atoms with van der Waals surface area (Å²) in [4.78, 5) is 14.3. The molecule has 0 fully saturated rings. The lowest BCUT2D eigenvalue weighted by atomic mass is 9.98. The zero-order chi connectivity index (χ0) is 13.7. The molecule has 0 heterocycles. The second kappa shape index (κ2) is 5.54. The largest absolute Gasteiger partial charge is 0.287 e. The zero-order valence-electron chi connectivity index (χ0n) is 9.95. The monoisotopic (exact) mass is 247 g/mol. The SMILES string of the molecule is C#Cc1cccc(-c2ccccc2C(=O)N=[N+]=[N-])c1. The predicted octanol–water partition coefficient (Wildman–Crippen LogP) is 3.79. The molecule has 2 rings (SSSR count). The number of benzene rings is 2. The Labute approximate surface area is 110 Å². The first-order chi connectivity index (χ1) is 9.26. The molecule has 0 aromatic heterocycles. The van der Waals surface area contributed by atoms with E-state index in [0.717, 1.165) is 11.1 Å². The van der Waals surface area contributed by atoms with Gasteiger partial charge in [0.05, 0.1) is 0 Å². The highest BCUT2D eigenvalue weighted by molar-refractivity contribution is 6.01. The van der Waals surface area contributed by atoms with E-state index >= 15 is 0 Å². The molecule has 0 radical (unpaired) electrons. The molecule has 19 heavy (non-hydrogen) atoms. The van der Waals surface area contributed by atoms with Crippen LogP contribution >= 0.6 is 0 Å². The average Bonchev–Trinajstić information content (AvgIpc) is 2.47. The summed E-state index contributed by atoms with van der Waals surface area (Å²) in [5.41, 5.74) is 10.9. The molecule has 4 nitrogen and oxygen atoms in total. The normalized spacial score (nSPS) is 9.21. The van der Waals surface area contributed by atoms with E-state index in [0.29, 0.717) is 11.1 Å². The number of hydrogen-bond donors (Lipinski definition) is 0. The van der Waals surface area contributed by atoms with Gasteiger partial charge in [-0.15, -0.1) is 6.42 Å². The van der Waals surface area contributed by atoms with E-state index in [1.165, 1.54) is 0 Å². The average molecular weight is 247 g/mol. The van der Waals surface area contributed by atoms with Crippen LogP contribution in [0, 0.1) is 12.3 Å². The summed E-state index contributed by atoms with van der Waals surface area (Å²) in [5.74, 6) is 1.94. The lowest BCUT2D eigenvalue weighted by Gasteiger charge is -2.07. The van der Waals surface area contributed by atoms with Crippen LogP contribution in [0.5, 0.6) is 0 Å². The molecule has 0 atom stereocenters. The fourth-order valence-corrected chi connectivity index (χ4v) is 1.79. The summed E-state index contributed by atoms with van der Waals surface area (Å²) in [6.07, 6.45) is 5.36. The second-order valence-corrected chi connectivity index (χ2v) is 3.77. The minimum atomic E-state index is -0.607. The summed E-state index contributed by atoms with van der Waals surface area (Å²) >= 11 is 0. The molecule has 0 N–H and O–H groups in total. The molecule has 2 aromatic rings. The number of amides is 1. The fraction of sp³-hybridized carbons (Fsp3) is 0. The van der Waals surface area contributed by atoms with E-state index in [1.807, 2.05) is 24.3 Å². The van der Waals surface area contributed by atoms with Crippen LogP contribution in [0.3, 0.4) is 0 Å². The minimum Gasteiger partial charge on any atom is -0.287 e. The van der Waals surface area contributed by atoms with Gasteiger partial charge in [0.1, 0.15) is 0 Å². The van der Waals surface area contributed by atoms with Crippen LogP contribution in [0.15, 0.2) is 53.6 Å². The molecular weight excluding hydrogens is 238 g/mol. The topological polar surface area (TPSA) is 65.8 Å². The standard InChI is InChI=1S/C15H9N3O/c1-2-11-6-5-7-12(10-11)13-8-3-4-9-14(13)15(19)17-18-16/h1,3-10H. The van der Waals surface area contributed by atoms with Crippen LogP contribution < -0.4 is 0 Å². The van der Waals surface area contributed by atoms with Crippen LogP contribution in [0.25, 0.3) is 21.6 Å². The molecule has 4 heteroatoms. The first-order valence-electron chi connectivity index (χ1n) is 5.52. The molecule has 0 aliphatic heterocycles. The lowest BCUT2D eigenvalue weighted by molar-refractivity contribution is 0.100. The Hall–Kier alpha value is -3.02. The molecule has 0 saturated heterocycles. The van der Waals surface area contributed by atoms with Crippen molar-refractivity contribution in [2.24, 2.45) is 5.11 Å². The van der Waals surface area contributed by atoms with Crippen LogP contribution in [-0.2, 0) is 0 Å². The molecule has 0 aliphatic rings. The third-order valence-electron chi connectivity index (χ3n) is 2.63. The maximum atomic E-state index is 11.7. The number of hydrogen-bond acceptors (Lipinski definition) is 1. The van der Waals surface area contributed by atoms with Gasteiger partial charge < -0.3 is 0 Å². The maximum absolute atomic E-state index is 11.7. The van der Waals surface area contributed by atoms with Gasteiger partial charge in [-0.25, -0.2) is 0 Å². The molecule has 1 amide bonds. The Balaban J connectivity index is 2.59. The van der Waals surface area contributed by atoms with Crippen molar-refractivity contribution < 1.29 is 4.79 Å². The molecule has 90 valence electrons. The van der Waals surface area contributed by atoms with Gasteiger partial charge in [-0.2, -0.15) is 0 Å². The van der Waals surface area contributed by atoms with Crippen molar-refractivity contribution in [3.8, 4) is 23.5 Å². The van der Waals surface area contributed by atoms with Crippen molar-refractivity contribution in [1.29, 1.82) is 0 Å². The van der Waals surface area contributed by atoms with Gasteiger partial charge in [0.2, 0.25) is 5.91 Å². The van der Waals surface area contributed by atoms with Crippen molar-refractivity contribution in [3.63, 3.8) is 0 Å². The summed E-state index contributed by atoms with van der Waals surface area (Å²) in [7, 11) is 0. The minimum absolute atomic E-state index is 0.356. The highest BCUT2D eigenvalue weighted by Gasteiger charge is 2.10. The van der Waals surface area contributed by atoms with Crippen LogP contribution in [0.4, 0.5) is 0 Å². The number of carbonyl (C=O) groups excluding carboxylic acids is 1. The van der Waals surface area contributed by atoms with Crippen molar-refractivity contribution in [1.82, 2.24) is 0 Å². The number of rotatable bonds is 2. The van der Waals surface area contributed by atoms with Gasteiger partial charge >= 0.3 is 0 Å². The van der Waals surface area contributed by atoms with Gasteiger partial charge in [-0.05, 0) is 33.9 Å². The van der Waals surface area contributed by atoms with Crippen LogP contribution in [-0.4, -0.2) is 5.91 Å². The molecule has 0 aliphatic carbocycles. The van der Waals surface area contributed by atoms with Crippen molar-refractivity contribution >= 4 is 5.91 Å². The quantitative estimate of drug-likeness (QED) is 0.344. The molecule has 2 aromatic carbocycles. The zero-order valence-corrected chi connectivity index (χ0v) is 9.95. The van der Waals surface area contributed by atoms with E-state index in [-0.39, 0.29) is 0 Å². The van der Waals surface area contributed by atoms with Gasteiger partial charge in [0, 0.05) is 16.0 Å². The van der Waals surface area contributed by atoms with Gasteiger partial charge in [0.15, 0.2) is 0 Å². The van der Waals surface area contributed by atoms with Crippen LogP contribution in [0.1, 0.15) is 15.9 Å². The summed E-state index contributed by atoms with van der Waals surface area (Å²) in [6, 6.07) is 14.2. The first kappa shape index (κ1) is 12.4.